The van der Waals surface area contributed by atoms with Crippen LogP contribution in [0.5, 0.6) is 0 Å². The second-order valence-electron chi connectivity index (χ2n) is 4.73. The molecule has 0 aliphatic heterocycles. The standard InChI is InChI=1S/C13H18BrNO2/c1-9-7-10(5-6-11(9)14)12(16)15-13(2,3)8-17-4/h5-7H,8H2,1-4H3,(H,15,16). The third kappa shape index (κ3) is 4.13. The van der Waals surface area contributed by atoms with Crippen molar-refractivity contribution in [2.75, 3.05) is 13.7 Å². The molecule has 94 valence electrons. The van der Waals surface area contributed by atoms with Crippen LogP contribution < -0.4 is 5.32 Å². The first kappa shape index (κ1) is 14.2. The lowest BCUT2D eigenvalue weighted by atomic mass is 10.1. The molecule has 17 heavy (non-hydrogen) atoms. The van der Waals surface area contributed by atoms with E-state index in [0.29, 0.717) is 12.2 Å². The second kappa shape index (κ2) is 5.65. The Balaban J connectivity index is 2.80. The molecule has 1 rings (SSSR count). The van der Waals surface area contributed by atoms with Gasteiger partial charge in [-0.3, -0.25) is 4.79 Å². The molecule has 0 saturated carbocycles. The molecule has 1 aromatic rings. The third-order valence-electron chi connectivity index (χ3n) is 2.38. The van der Waals surface area contributed by atoms with Gasteiger partial charge < -0.3 is 10.1 Å². The van der Waals surface area contributed by atoms with Gasteiger partial charge in [-0.05, 0) is 44.5 Å². The normalized spacial score (nSPS) is 11.4. The third-order valence-corrected chi connectivity index (χ3v) is 3.27. The van der Waals surface area contributed by atoms with Crippen LogP contribution in [0.4, 0.5) is 0 Å². The van der Waals surface area contributed by atoms with Gasteiger partial charge in [-0.1, -0.05) is 15.9 Å². The molecular formula is C13H18BrNO2. The zero-order chi connectivity index (χ0) is 13.1. The van der Waals surface area contributed by atoms with Gasteiger partial charge in [0.15, 0.2) is 0 Å². The average molecular weight is 300 g/mol. The first-order chi connectivity index (χ1) is 7.85. The molecule has 3 nitrogen and oxygen atoms in total. The van der Waals surface area contributed by atoms with E-state index in [1.807, 2.05) is 32.9 Å². The Labute approximate surface area is 111 Å². The van der Waals surface area contributed by atoms with E-state index in [0.717, 1.165) is 10.0 Å². The molecule has 0 heterocycles. The molecular weight excluding hydrogens is 282 g/mol. The Morgan fingerprint density at radius 1 is 1.47 bits per heavy atom. The SMILES string of the molecule is COCC(C)(C)NC(=O)c1ccc(Br)c(C)c1. The van der Waals surface area contributed by atoms with Gasteiger partial charge in [-0.15, -0.1) is 0 Å². The Morgan fingerprint density at radius 2 is 2.12 bits per heavy atom. The number of benzene rings is 1. The number of hydrogen-bond acceptors (Lipinski definition) is 2. The molecule has 0 unspecified atom stereocenters. The Morgan fingerprint density at radius 3 is 2.65 bits per heavy atom. The van der Waals surface area contributed by atoms with E-state index in [2.05, 4.69) is 21.2 Å². The lowest BCUT2D eigenvalue weighted by Gasteiger charge is -2.25. The van der Waals surface area contributed by atoms with Gasteiger partial charge in [0, 0.05) is 17.1 Å². The fourth-order valence-electron chi connectivity index (χ4n) is 1.56. The van der Waals surface area contributed by atoms with Crippen molar-refractivity contribution in [3.8, 4) is 0 Å². The number of amides is 1. The van der Waals surface area contributed by atoms with Crippen molar-refractivity contribution in [1.29, 1.82) is 0 Å². The number of carbonyl (C=O) groups excluding carboxylic acids is 1. The van der Waals surface area contributed by atoms with Crippen LogP contribution in [0, 0.1) is 6.92 Å². The van der Waals surface area contributed by atoms with Gasteiger partial charge in [0.05, 0.1) is 12.1 Å². The van der Waals surface area contributed by atoms with Crippen LogP contribution in [-0.2, 0) is 4.74 Å². The van der Waals surface area contributed by atoms with E-state index >= 15 is 0 Å². The number of ether oxygens (including phenoxy) is 1. The Kier molecular flexibility index (Phi) is 4.71. The molecule has 0 atom stereocenters. The first-order valence-electron chi connectivity index (χ1n) is 5.43. The van der Waals surface area contributed by atoms with Crippen molar-refractivity contribution in [2.45, 2.75) is 26.3 Å². The zero-order valence-corrected chi connectivity index (χ0v) is 12.2. The van der Waals surface area contributed by atoms with Gasteiger partial charge in [0.25, 0.3) is 5.91 Å². The molecule has 4 heteroatoms. The predicted octanol–water partition coefficient (Wildman–Crippen LogP) is 2.91. The van der Waals surface area contributed by atoms with Crippen molar-refractivity contribution in [2.24, 2.45) is 0 Å². The Bertz CT molecular complexity index is 416. The smallest absolute Gasteiger partial charge is 0.251 e. The maximum absolute atomic E-state index is 12.0. The van der Waals surface area contributed by atoms with Crippen LogP contribution >= 0.6 is 15.9 Å². The average Bonchev–Trinajstić information content (AvgIpc) is 2.21. The number of aryl methyl sites for hydroxylation is 1. The summed E-state index contributed by atoms with van der Waals surface area (Å²) in [5.74, 6) is -0.0809. The number of methoxy groups -OCH3 is 1. The van der Waals surface area contributed by atoms with E-state index in [-0.39, 0.29) is 11.4 Å². The summed E-state index contributed by atoms with van der Waals surface area (Å²) in [7, 11) is 1.62. The summed E-state index contributed by atoms with van der Waals surface area (Å²) >= 11 is 3.41. The molecule has 0 aromatic heterocycles. The van der Waals surface area contributed by atoms with Gasteiger partial charge in [-0.2, -0.15) is 0 Å². The highest BCUT2D eigenvalue weighted by Gasteiger charge is 2.21. The van der Waals surface area contributed by atoms with Crippen LogP contribution in [0.2, 0.25) is 0 Å². The van der Waals surface area contributed by atoms with Crippen LogP contribution in [0.15, 0.2) is 22.7 Å². The van der Waals surface area contributed by atoms with Crippen molar-refractivity contribution >= 4 is 21.8 Å². The highest BCUT2D eigenvalue weighted by Crippen LogP contribution is 2.17. The summed E-state index contributed by atoms with van der Waals surface area (Å²) in [5.41, 5.74) is 1.34. The van der Waals surface area contributed by atoms with Crippen molar-refractivity contribution in [3.05, 3.63) is 33.8 Å². The number of nitrogens with one attached hydrogen (secondary N) is 1. The Hall–Kier alpha value is -0.870. The molecule has 0 aliphatic carbocycles. The monoisotopic (exact) mass is 299 g/mol. The van der Waals surface area contributed by atoms with Crippen LogP contribution in [0.1, 0.15) is 29.8 Å². The summed E-state index contributed by atoms with van der Waals surface area (Å²) in [5, 5.41) is 2.94. The van der Waals surface area contributed by atoms with E-state index in [9.17, 15) is 4.79 Å². The summed E-state index contributed by atoms with van der Waals surface area (Å²) in [6.07, 6.45) is 0. The summed E-state index contributed by atoms with van der Waals surface area (Å²) < 4.78 is 6.07. The maximum atomic E-state index is 12.0. The van der Waals surface area contributed by atoms with Crippen molar-refractivity contribution in [3.63, 3.8) is 0 Å². The topological polar surface area (TPSA) is 38.3 Å². The zero-order valence-electron chi connectivity index (χ0n) is 10.6. The summed E-state index contributed by atoms with van der Waals surface area (Å²) in [6, 6.07) is 5.55. The number of hydrogen-bond donors (Lipinski definition) is 1. The molecule has 1 N–H and O–H groups in total. The molecule has 0 saturated heterocycles. The minimum Gasteiger partial charge on any atom is -0.382 e. The molecule has 0 bridgehead atoms. The summed E-state index contributed by atoms with van der Waals surface area (Å²) in [6.45, 7) is 6.30. The molecule has 0 radical (unpaired) electrons. The van der Waals surface area contributed by atoms with Gasteiger partial charge in [-0.25, -0.2) is 0 Å². The van der Waals surface area contributed by atoms with Crippen LogP contribution in [0.25, 0.3) is 0 Å². The molecule has 1 aromatic carbocycles. The van der Waals surface area contributed by atoms with Crippen LogP contribution in [0.3, 0.4) is 0 Å². The van der Waals surface area contributed by atoms with E-state index in [1.165, 1.54) is 0 Å². The van der Waals surface area contributed by atoms with E-state index in [1.54, 1.807) is 13.2 Å². The number of halogens is 1. The first-order valence-corrected chi connectivity index (χ1v) is 6.22. The quantitative estimate of drug-likeness (QED) is 0.928. The highest BCUT2D eigenvalue weighted by molar-refractivity contribution is 9.10. The van der Waals surface area contributed by atoms with E-state index < -0.39 is 0 Å². The van der Waals surface area contributed by atoms with Gasteiger partial charge >= 0.3 is 0 Å². The predicted molar refractivity (Wildman–Crippen MR) is 72.3 cm³/mol. The minimum absolute atomic E-state index is 0.0809. The largest absolute Gasteiger partial charge is 0.382 e. The minimum atomic E-state index is -0.368. The van der Waals surface area contributed by atoms with Gasteiger partial charge in [0.2, 0.25) is 0 Å². The highest BCUT2D eigenvalue weighted by atomic mass is 79.9. The lowest BCUT2D eigenvalue weighted by Crippen LogP contribution is -2.46. The molecule has 0 fully saturated rings. The van der Waals surface area contributed by atoms with E-state index in [4.69, 9.17) is 4.74 Å². The fraction of sp³-hybridized carbons (Fsp3) is 0.462. The number of rotatable bonds is 4. The van der Waals surface area contributed by atoms with Gasteiger partial charge in [0.1, 0.15) is 0 Å². The van der Waals surface area contributed by atoms with Crippen LogP contribution in [-0.4, -0.2) is 25.2 Å². The molecule has 1 amide bonds. The number of carbonyl (C=O) groups is 1. The van der Waals surface area contributed by atoms with Crippen molar-refractivity contribution in [1.82, 2.24) is 5.32 Å². The lowest BCUT2D eigenvalue weighted by molar-refractivity contribution is 0.0820. The fourth-order valence-corrected chi connectivity index (χ4v) is 1.81. The molecule has 0 spiro atoms. The maximum Gasteiger partial charge on any atom is 0.251 e. The summed E-state index contributed by atoms with van der Waals surface area (Å²) in [4.78, 5) is 12.0. The van der Waals surface area contributed by atoms with Crippen molar-refractivity contribution < 1.29 is 9.53 Å². The molecule has 0 aliphatic rings. The second-order valence-corrected chi connectivity index (χ2v) is 5.59.